The molecule has 24 heavy (non-hydrogen) atoms. The van der Waals surface area contributed by atoms with Gasteiger partial charge in [0.15, 0.2) is 0 Å². The van der Waals surface area contributed by atoms with Gasteiger partial charge in [0.2, 0.25) is 0 Å². The van der Waals surface area contributed by atoms with Crippen LogP contribution in [0.4, 0.5) is 0 Å². The average Bonchev–Trinajstić information content (AvgIpc) is 2.60. The molecule has 0 N–H and O–H groups in total. The zero-order valence-electron chi connectivity index (χ0n) is 14.6. The molecule has 0 bridgehead atoms. The van der Waals surface area contributed by atoms with Crippen molar-refractivity contribution in [1.82, 2.24) is 0 Å². The van der Waals surface area contributed by atoms with Crippen molar-refractivity contribution in [3.8, 4) is 5.75 Å². The van der Waals surface area contributed by atoms with Gasteiger partial charge >= 0.3 is 0 Å². The third kappa shape index (κ3) is 4.51. The minimum Gasteiger partial charge on any atom is -0.498 e. The topological polar surface area (TPSA) is 18.5 Å². The van der Waals surface area contributed by atoms with Gasteiger partial charge in [-0.3, -0.25) is 0 Å². The van der Waals surface area contributed by atoms with Crippen molar-refractivity contribution >= 4 is 0 Å². The number of hydrogen-bond acceptors (Lipinski definition) is 2. The van der Waals surface area contributed by atoms with E-state index in [1.165, 1.54) is 23.0 Å². The summed E-state index contributed by atoms with van der Waals surface area (Å²) in [4.78, 5) is 0. The van der Waals surface area contributed by atoms with E-state index in [1.54, 1.807) is 0 Å². The molecule has 0 aliphatic carbocycles. The summed E-state index contributed by atoms with van der Waals surface area (Å²) in [6.07, 6.45) is 4.26. The Morgan fingerprint density at radius 1 is 0.875 bits per heavy atom. The third-order valence-electron chi connectivity index (χ3n) is 4.22. The zero-order valence-corrected chi connectivity index (χ0v) is 14.6. The fraction of sp³-hybridized carbons (Fsp3) is 0.273. The van der Waals surface area contributed by atoms with Crippen LogP contribution in [0.5, 0.6) is 5.75 Å². The van der Waals surface area contributed by atoms with Gasteiger partial charge < -0.3 is 9.47 Å². The summed E-state index contributed by atoms with van der Waals surface area (Å²) in [6.45, 7) is 12.8. The van der Waals surface area contributed by atoms with Crippen LogP contribution in [0.15, 0.2) is 74.0 Å². The van der Waals surface area contributed by atoms with Crippen molar-refractivity contribution in [2.75, 3.05) is 13.2 Å². The molecule has 2 rings (SSSR count). The van der Waals surface area contributed by atoms with E-state index < -0.39 is 0 Å². The lowest BCUT2D eigenvalue weighted by atomic mass is 9.78. The Hall–Kier alpha value is -2.48. The first-order valence-electron chi connectivity index (χ1n) is 8.24. The molecule has 2 heteroatoms. The van der Waals surface area contributed by atoms with E-state index in [9.17, 15) is 0 Å². The van der Waals surface area contributed by atoms with E-state index in [-0.39, 0.29) is 5.41 Å². The van der Waals surface area contributed by atoms with Gasteiger partial charge in [-0.2, -0.15) is 0 Å². The Bertz CT molecular complexity index is 651. The van der Waals surface area contributed by atoms with Gasteiger partial charge in [0, 0.05) is 5.41 Å². The van der Waals surface area contributed by atoms with Crippen molar-refractivity contribution in [2.24, 2.45) is 0 Å². The van der Waals surface area contributed by atoms with Crippen molar-refractivity contribution in [3.63, 3.8) is 0 Å². The molecule has 2 nitrogen and oxygen atoms in total. The fourth-order valence-electron chi connectivity index (χ4n) is 2.65. The predicted octanol–water partition coefficient (Wildman–Crippen LogP) is 5.28. The quantitative estimate of drug-likeness (QED) is 0.355. The molecule has 2 aromatic rings. The average molecular weight is 322 g/mol. The molecule has 0 radical (unpaired) electrons. The standard InChI is InChI=1S/C22H26O2/c1-5-7-18-8-10-19(11-9-18)22(3,4)20-12-14-21(15-13-20)24-17-16-23-6-2/h5-6,8-15H,1-2,7,16-17H2,3-4H3. The zero-order chi connectivity index (χ0) is 17.4. The number of allylic oxidation sites excluding steroid dienone is 1. The Labute approximate surface area is 145 Å². The van der Waals surface area contributed by atoms with E-state index in [1.807, 2.05) is 18.2 Å². The Balaban J connectivity index is 2.07. The molecule has 0 saturated heterocycles. The maximum Gasteiger partial charge on any atom is 0.122 e. The van der Waals surface area contributed by atoms with E-state index in [0.29, 0.717) is 13.2 Å². The second kappa shape index (κ2) is 8.39. The molecule has 126 valence electrons. The van der Waals surface area contributed by atoms with Gasteiger partial charge in [-0.15, -0.1) is 6.58 Å². The van der Waals surface area contributed by atoms with Gasteiger partial charge in [-0.1, -0.05) is 62.9 Å². The van der Waals surface area contributed by atoms with Crippen molar-refractivity contribution in [1.29, 1.82) is 0 Å². The Morgan fingerprint density at radius 2 is 1.46 bits per heavy atom. The summed E-state index contributed by atoms with van der Waals surface area (Å²) in [5.41, 5.74) is 3.78. The molecule has 0 aliphatic rings. The van der Waals surface area contributed by atoms with Crippen LogP contribution in [0.2, 0.25) is 0 Å². The summed E-state index contributed by atoms with van der Waals surface area (Å²) in [5, 5.41) is 0. The maximum atomic E-state index is 5.64. The first-order valence-corrected chi connectivity index (χ1v) is 8.24. The van der Waals surface area contributed by atoms with E-state index >= 15 is 0 Å². The summed E-state index contributed by atoms with van der Waals surface area (Å²) in [7, 11) is 0. The van der Waals surface area contributed by atoms with Crippen molar-refractivity contribution < 1.29 is 9.47 Å². The molecule has 0 aliphatic heterocycles. The molecule has 0 heterocycles. The highest BCUT2D eigenvalue weighted by Crippen LogP contribution is 2.32. The number of hydrogen-bond donors (Lipinski definition) is 0. The Kier molecular flexibility index (Phi) is 6.25. The first kappa shape index (κ1) is 17.9. The summed E-state index contributed by atoms with van der Waals surface area (Å²) in [5.74, 6) is 0.851. The lowest BCUT2D eigenvalue weighted by molar-refractivity contribution is 0.179. The Morgan fingerprint density at radius 3 is 2.00 bits per heavy atom. The predicted molar refractivity (Wildman–Crippen MR) is 101 cm³/mol. The smallest absolute Gasteiger partial charge is 0.122 e. The van der Waals surface area contributed by atoms with Gasteiger partial charge in [-0.05, 0) is 35.2 Å². The van der Waals surface area contributed by atoms with Crippen LogP contribution in [0.1, 0.15) is 30.5 Å². The summed E-state index contributed by atoms with van der Waals surface area (Å²) < 4.78 is 10.7. The van der Waals surface area contributed by atoms with Gasteiger partial charge in [0.05, 0.1) is 6.26 Å². The summed E-state index contributed by atoms with van der Waals surface area (Å²) in [6, 6.07) is 17.0. The van der Waals surface area contributed by atoms with Crippen LogP contribution < -0.4 is 4.74 Å². The highest BCUT2D eigenvalue weighted by atomic mass is 16.5. The van der Waals surface area contributed by atoms with Crippen LogP contribution in [0.25, 0.3) is 0 Å². The number of ether oxygens (including phenoxy) is 2. The lowest BCUT2D eigenvalue weighted by Gasteiger charge is -2.26. The van der Waals surface area contributed by atoms with Crippen LogP contribution in [-0.4, -0.2) is 13.2 Å². The normalized spacial score (nSPS) is 10.9. The molecule has 0 unspecified atom stereocenters. The molecule has 0 atom stereocenters. The van der Waals surface area contributed by atoms with E-state index in [2.05, 4.69) is 63.4 Å². The highest BCUT2D eigenvalue weighted by molar-refractivity contribution is 5.41. The van der Waals surface area contributed by atoms with Gasteiger partial charge in [-0.25, -0.2) is 0 Å². The first-order chi connectivity index (χ1) is 11.6. The largest absolute Gasteiger partial charge is 0.498 e. The molecule has 0 fully saturated rings. The molecule has 0 spiro atoms. The molecule has 0 saturated carbocycles. The highest BCUT2D eigenvalue weighted by Gasteiger charge is 2.22. The third-order valence-corrected chi connectivity index (χ3v) is 4.22. The molecule has 2 aromatic carbocycles. The van der Waals surface area contributed by atoms with Crippen LogP contribution in [0, 0.1) is 0 Å². The second-order valence-electron chi connectivity index (χ2n) is 6.23. The minimum absolute atomic E-state index is 0.0583. The molecule has 0 aromatic heterocycles. The van der Waals surface area contributed by atoms with Crippen molar-refractivity contribution in [2.45, 2.75) is 25.7 Å². The number of rotatable bonds is 9. The van der Waals surface area contributed by atoms with Gasteiger partial charge in [0.25, 0.3) is 0 Å². The summed E-state index contributed by atoms with van der Waals surface area (Å²) >= 11 is 0. The van der Waals surface area contributed by atoms with Crippen molar-refractivity contribution in [3.05, 3.63) is 90.7 Å². The van der Waals surface area contributed by atoms with E-state index in [0.717, 1.165) is 12.2 Å². The van der Waals surface area contributed by atoms with Crippen LogP contribution in [0.3, 0.4) is 0 Å². The molecule has 0 amide bonds. The lowest BCUT2D eigenvalue weighted by Crippen LogP contribution is -2.18. The van der Waals surface area contributed by atoms with E-state index in [4.69, 9.17) is 9.47 Å². The molecular weight excluding hydrogens is 296 g/mol. The van der Waals surface area contributed by atoms with Gasteiger partial charge in [0.1, 0.15) is 19.0 Å². The van der Waals surface area contributed by atoms with Crippen LogP contribution >= 0.6 is 0 Å². The SMILES string of the molecule is C=CCc1ccc(C(C)(C)c2ccc(OCCOC=C)cc2)cc1. The monoisotopic (exact) mass is 322 g/mol. The molecular formula is C22H26O2. The fourth-order valence-corrected chi connectivity index (χ4v) is 2.65. The van der Waals surface area contributed by atoms with Crippen LogP contribution in [-0.2, 0) is 16.6 Å². The maximum absolute atomic E-state index is 5.64. The minimum atomic E-state index is -0.0583. The second-order valence-corrected chi connectivity index (χ2v) is 6.23. The number of benzene rings is 2.